The Kier molecular flexibility index (Phi) is 4.63. The summed E-state index contributed by atoms with van der Waals surface area (Å²) >= 11 is 0. The van der Waals surface area contributed by atoms with Crippen molar-refractivity contribution in [1.29, 1.82) is 0 Å². The summed E-state index contributed by atoms with van der Waals surface area (Å²) in [6.45, 7) is 0.852. The van der Waals surface area contributed by atoms with E-state index in [4.69, 9.17) is 0 Å². The minimum absolute atomic E-state index is 0.852. The molecule has 0 unspecified atom stereocenters. The highest BCUT2D eigenvalue weighted by molar-refractivity contribution is 6.01. The molecule has 0 saturated carbocycles. The Labute approximate surface area is 171 Å². The number of fused-ring (bicyclic) bond motifs is 2. The van der Waals surface area contributed by atoms with Crippen LogP contribution in [-0.4, -0.2) is 0 Å². The zero-order valence-corrected chi connectivity index (χ0v) is 16.2. The summed E-state index contributed by atoms with van der Waals surface area (Å²) in [5.74, 6) is 0. The largest absolute Gasteiger partial charge is 0.213 e. The third kappa shape index (κ3) is 3.43. The van der Waals surface area contributed by atoms with Gasteiger partial charge in [-0.2, -0.15) is 4.57 Å². The zero-order chi connectivity index (χ0) is 19.5. The molecule has 1 aromatic heterocycles. The van der Waals surface area contributed by atoms with Crippen molar-refractivity contribution in [2.45, 2.75) is 6.54 Å². The summed E-state index contributed by atoms with van der Waals surface area (Å²) in [4.78, 5) is 0. The quantitative estimate of drug-likeness (QED) is 0.250. The van der Waals surface area contributed by atoms with E-state index in [1.165, 1.54) is 38.5 Å². The zero-order valence-electron chi connectivity index (χ0n) is 16.2. The molecule has 1 heteroatoms. The van der Waals surface area contributed by atoms with Gasteiger partial charge in [0.25, 0.3) is 0 Å². The Morgan fingerprint density at radius 2 is 1.03 bits per heavy atom. The second-order valence-corrected chi connectivity index (χ2v) is 7.26. The third-order valence-electron chi connectivity index (χ3n) is 5.40. The van der Waals surface area contributed by atoms with Crippen molar-refractivity contribution < 1.29 is 4.57 Å². The van der Waals surface area contributed by atoms with Gasteiger partial charge in [-0.15, -0.1) is 0 Å². The summed E-state index contributed by atoms with van der Waals surface area (Å²) in [5.41, 5.74) is 6.29. The molecule has 0 saturated heterocycles. The van der Waals surface area contributed by atoms with Crippen LogP contribution in [0.2, 0.25) is 0 Å². The molecule has 1 heterocycles. The molecule has 29 heavy (non-hydrogen) atoms. The number of nitrogens with zero attached hydrogens (tertiary/aromatic N) is 1. The van der Waals surface area contributed by atoms with Crippen LogP contribution >= 0.6 is 0 Å². The maximum Gasteiger partial charge on any atom is 0.213 e. The first-order valence-electron chi connectivity index (χ1n) is 10.0. The van der Waals surface area contributed by atoms with Crippen LogP contribution in [-0.2, 0) is 6.54 Å². The van der Waals surface area contributed by atoms with E-state index in [1.807, 2.05) is 0 Å². The first-order valence-corrected chi connectivity index (χ1v) is 10.0. The number of benzene rings is 4. The van der Waals surface area contributed by atoms with Crippen LogP contribution in [0.5, 0.6) is 0 Å². The first-order chi connectivity index (χ1) is 14.4. The third-order valence-corrected chi connectivity index (χ3v) is 5.40. The van der Waals surface area contributed by atoms with E-state index in [0.717, 1.165) is 6.54 Å². The molecule has 4 aromatic carbocycles. The van der Waals surface area contributed by atoms with Gasteiger partial charge in [-0.25, -0.2) is 0 Å². The molecule has 138 valence electrons. The lowest BCUT2D eigenvalue weighted by Crippen LogP contribution is -2.36. The van der Waals surface area contributed by atoms with Crippen LogP contribution in [0.4, 0.5) is 0 Å². The average molecular weight is 372 g/mol. The van der Waals surface area contributed by atoms with Crippen LogP contribution in [0.25, 0.3) is 34.0 Å². The van der Waals surface area contributed by atoms with Gasteiger partial charge >= 0.3 is 0 Å². The smallest absolute Gasteiger partial charge is 0.187 e. The standard InChI is InChI=1S/C28H22N/c1-3-11-22(12-4-1)19-20-24-25-15-7-9-17-27(25)29(21-23-13-5-2-6-14-23)28-18-10-8-16-26(24)28/h1-20H,21H2/q+1. The molecule has 0 aliphatic carbocycles. The molecule has 0 spiro atoms. The molecule has 0 radical (unpaired) electrons. The van der Waals surface area contributed by atoms with E-state index in [1.54, 1.807) is 0 Å². The highest BCUT2D eigenvalue weighted by Gasteiger charge is 2.19. The van der Waals surface area contributed by atoms with Crippen LogP contribution in [0.3, 0.4) is 0 Å². The Balaban J connectivity index is 1.76. The summed E-state index contributed by atoms with van der Waals surface area (Å²) in [7, 11) is 0. The summed E-state index contributed by atoms with van der Waals surface area (Å²) in [5, 5.41) is 2.55. The van der Waals surface area contributed by atoms with Crippen molar-refractivity contribution >= 4 is 34.0 Å². The Morgan fingerprint density at radius 1 is 0.517 bits per heavy atom. The maximum atomic E-state index is 2.43. The number of pyridine rings is 1. The Bertz CT molecular complexity index is 1250. The van der Waals surface area contributed by atoms with Crippen LogP contribution < -0.4 is 4.57 Å². The normalized spacial score (nSPS) is 11.4. The number of hydrogen-bond acceptors (Lipinski definition) is 0. The minimum Gasteiger partial charge on any atom is -0.187 e. The second kappa shape index (κ2) is 7.73. The molecule has 0 amide bonds. The second-order valence-electron chi connectivity index (χ2n) is 7.26. The number of rotatable bonds is 4. The van der Waals surface area contributed by atoms with Crippen molar-refractivity contribution in [2.24, 2.45) is 0 Å². The van der Waals surface area contributed by atoms with Crippen molar-refractivity contribution in [2.75, 3.05) is 0 Å². The van der Waals surface area contributed by atoms with Crippen LogP contribution in [0, 0.1) is 0 Å². The van der Waals surface area contributed by atoms with Gasteiger partial charge in [0.05, 0.1) is 10.8 Å². The SMILES string of the molecule is C(=Cc1c2ccccc2[n+](Cc2ccccc2)c2ccccc12)c1ccccc1. The first kappa shape index (κ1) is 17.4. The summed E-state index contributed by atoms with van der Waals surface area (Å²) < 4.78 is 2.43. The van der Waals surface area contributed by atoms with Gasteiger partial charge in [-0.3, -0.25) is 0 Å². The highest BCUT2D eigenvalue weighted by atomic mass is 15.0. The van der Waals surface area contributed by atoms with Gasteiger partial charge in [0.2, 0.25) is 11.0 Å². The Hall–Kier alpha value is -3.71. The fourth-order valence-electron chi connectivity index (χ4n) is 4.01. The Morgan fingerprint density at radius 3 is 1.66 bits per heavy atom. The van der Waals surface area contributed by atoms with Gasteiger partial charge in [0, 0.05) is 23.3 Å². The van der Waals surface area contributed by atoms with Gasteiger partial charge in [-0.1, -0.05) is 97.1 Å². The highest BCUT2D eigenvalue weighted by Crippen LogP contribution is 2.27. The van der Waals surface area contributed by atoms with E-state index in [0.29, 0.717) is 0 Å². The lowest BCUT2D eigenvalue weighted by atomic mass is 10.00. The predicted octanol–water partition coefficient (Wildman–Crippen LogP) is 6.50. The molecule has 1 nitrogen and oxygen atoms in total. The van der Waals surface area contributed by atoms with Crippen molar-refractivity contribution in [1.82, 2.24) is 0 Å². The van der Waals surface area contributed by atoms with E-state index < -0.39 is 0 Å². The fourth-order valence-corrected chi connectivity index (χ4v) is 4.01. The molecule has 0 bridgehead atoms. The van der Waals surface area contributed by atoms with Gasteiger partial charge in [-0.05, 0) is 17.7 Å². The van der Waals surface area contributed by atoms with E-state index in [2.05, 4.69) is 126 Å². The molecular formula is C28H22N+. The minimum atomic E-state index is 0.852. The number of hydrogen-bond donors (Lipinski definition) is 0. The van der Waals surface area contributed by atoms with E-state index in [-0.39, 0.29) is 0 Å². The lowest BCUT2D eigenvalue weighted by molar-refractivity contribution is -0.635. The van der Waals surface area contributed by atoms with Crippen molar-refractivity contribution in [3.63, 3.8) is 0 Å². The molecule has 0 fully saturated rings. The average Bonchev–Trinajstić information content (AvgIpc) is 2.80. The molecular weight excluding hydrogens is 350 g/mol. The van der Waals surface area contributed by atoms with Crippen LogP contribution in [0.15, 0.2) is 109 Å². The number of para-hydroxylation sites is 2. The molecule has 5 aromatic rings. The fraction of sp³-hybridized carbons (Fsp3) is 0.0357. The van der Waals surface area contributed by atoms with Crippen molar-refractivity contribution in [3.05, 3.63) is 126 Å². The summed E-state index contributed by atoms with van der Waals surface area (Å²) in [6, 6.07) is 38.6. The molecule has 0 N–H and O–H groups in total. The molecule has 0 aliphatic rings. The van der Waals surface area contributed by atoms with Crippen molar-refractivity contribution in [3.8, 4) is 0 Å². The van der Waals surface area contributed by atoms with Gasteiger partial charge in [0.1, 0.15) is 0 Å². The van der Waals surface area contributed by atoms with Gasteiger partial charge in [0.15, 0.2) is 6.54 Å². The van der Waals surface area contributed by atoms with Gasteiger partial charge < -0.3 is 0 Å². The lowest BCUT2D eigenvalue weighted by Gasteiger charge is -2.10. The monoisotopic (exact) mass is 372 g/mol. The molecule has 0 atom stereocenters. The number of aromatic nitrogens is 1. The molecule has 5 rings (SSSR count). The topological polar surface area (TPSA) is 3.88 Å². The summed E-state index contributed by atoms with van der Waals surface area (Å²) in [6.07, 6.45) is 4.46. The predicted molar refractivity (Wildman–Crippen MR) is 123 cm³/mol. The molecule has 0 aliphatic heterocycles. The maximum absolute atomic E-state index is 2.43. The van der Waals surface area contributed by atoms with E-state index >= 15 is 0 Å². The van der Waals surface area contributed by atoms with Crippen LogP contribution in [0.1, 0.15) is 16.7 Å². The van der Waals surface area contributed by atoms with E-state index in [9.17, 15) is 0 Å².